The smallest absolute Gasteiger partial charge is 0.870 e. The van der Waals surface area contributed by atoms with Crippen molar-refractivity contribution in [2.75, 3.05) is 0 Å². The van der Waals surface area contributed by atoms with Gasteiger partial charge in [0.05, 0.1) is 0 Å². The van der Waals surface area contributed by atoms with Crippen LogP contribution >= 0.6 is 46.7 Å². The van der Waals surface area contributed by atoms with Gasteiger partial charge in [-0.15, -0.1) is 0 Å². The summed E-state index contributed by atoms with van der Waals surface area (Å²) in [6.45, 7) is 0. The summed E-state index contributed by atoms with van der Waals surface area (Å²) in [6, 6.07) is 30.5. The Labute approximate surface area is 246 Å². The predicted octanol–water partition coefficient (Wildman–Crippen LogP) is 7.52. The van der Waals surface area contributed by atoms with Crippen LogP contribution in [0.3, 0.4) is 0 Å². The average molecular weight is 599 g/mol. The van der Waals surface area contributed by atoms with E-state index in [1.807, 2.05) is 72.8 Å². The molecule has 0 aromatic heterocycles. The van der Waals surface area contributed by atoms with Gasteiger partial charge in [-0.2, -0.15) is 0 Å². The summed E-state index contributed by atoms with van der Waals surface area (Å²) in [5.74, 6) is -0.928. The largest absolute Gasteiger partial charge is 0.870 e. The van der Waals surface area contributed by atoms with Crippen LogP contribution < -0.4 is 0 Å². The van der Waals surface area contributed by atoms with E-state index in [0.717, 1.165) is 30.7 Å². The summed E-state index contributed by atoms with van der Waals surface area (Å²) < 4.78 is 10.4. The fourth-order valence-corrected chi connectivity index (χ4v) is 5.99. The second-order valence-electron chi connectivity index (χ2n) is 7.79. The van der Waals surface area contributed by atoms with Crippen molar-refractivity contribution in [3.8, 4) is 0 Å². The van der Waals surface area contributed by atoms with E-state index in [-0.39, 0.29) is 18.3 Å². The average Bonchev–Trinajstić information content (AvgIpc) is 2.89. The van der Waals surface area contributed by atoms with Gasteiger partial charge in [-0.05, 0) is 0 Å². The van der Waals surface area contributed by atoms with E-state index in [2.05, 4.69) is 0 Å². The molecule has 0 atom stereocenters. The first-order valence-corrected chi connectivity index (χ1v) is 14.5. The monoisotopic (exact) mass is 598 g/mol. The first kappa shape index (κ1) is 30.1. The van der Waals surface area contributed by atoms with E-state index < -0.39 is 27.8 Å². The second-order valence-corrected chi connectivity index (χ2v) is 11.5. The SMILES string of the molecule is O=C(Cc1ccc(Cl)c(Sc2ccccc2)c1)[O][Al+][O]C(=O)Cc1ccc(Cl)c(Sc2ccccc2)c1.[OH-]. The van der Waals surface area contributed by atoms with Gasteiger partial charge >= 0.3 is 242 Å². The molecule has 10 heteroatoms. The molecule has 0 amide bonds. The van der Waals surface area contributed by atoms with Crippen molar-refractivity contribution in [2.24, 2.45) is 0 Å². The zero-order valence-electron chi connectivity index (χ0n) is 19.9. The van der Waals surface area contributed by atoms with Crippen molar-refractivity contribution in [1.29, 1.82) is 0 Å². The molecule has 0 spiro atoms. The van der Waals surface area contributed by atoms with Gasteiger partial charge in [0.25, 0.3) is 0 Å². The molecule has 0 aliphatic rings. The fourth-order valence-electron chi connectivity index (χ4n) is 3.25. The molecule has 38 heavy (non-hydrogen) atoms. The van der Waals surface area contributed by atoms with Crippen molar-refractivity contribution in [3.05, 3.63) is 118 Å². The number of rotatable bonds is 10. The van der Waals surface area contributed by atoms with E-state index in [1.54, 1.807) is 24.3 Å². The van der Waals surface area contributed by atoms with Crippen LogP contribution in [-0.2, 0) is 30.0 Å². The van der Waals surface area contributed by atoms with Gasteiger partial charge < -0.3 is 5.48 Å². The summed E-state index contributed by atoms with van der Waals surface area (Å²) in [5, 5.41) is 1.22. The van der Waals surface area contributed by atoms with E-state index in [4.69, 9.17) is 30.8 Å². The second kappa shape index (κ2) is 15.3. The molecule has 0 fully saturated rings. The Balaban J connectivity index is 0.00000400. The number of hydrogen-bond acceptors (Lipinski definition) is 7. The quantitative estimate of drug-likeness (QED) is 0.174. The van der Waals surface area contributed by atoms with Crippen LogP contribution in [0, 0.1) is 0 Å². The first-order valence-electron chi connectivity index (χ1n) is 11.2. The van der Waals surface area contributed by atoms with Crippen LogP contribution in [0.1, 0.15) is 11.1 Å². The topological polar surface area (TPSA) is 82.6 Å². The van der Waals surface area contributed by atoms with E-state index in [9.17, 15) is 9.59 Å². The molecular formula is C28H21AlCl2O5S2. The molecule has 0 radical (unpaired) electrons. The van der Waals surface area contributed by atoms with Crippen molar-refractivity contribution >= 4 is 74.6 Å². The van der Waals surface area contributed by atoms with Crippen LogP contribution in [0.5, 0.6) is 0 Å². The third kappa shape index (κ3) is 9.41. The maximum Gasteiger partial charge on any atom is -0.870 e. The fraction of sp³-hybridized carbons (Fsp3) is 0.0714. The van der Waals surface area contributed by atoms with Crippen molar-refractivity contribution < 1.29 is 22.6 Å². The minimum atomic E-state index is -1.26. The minimum Gasteiger partial charge on any atom is -0.870 e. The van der Waals surface area contributed by atoms with Gasteiger partial charge in [0.2, 0.25) is 0 Å². The maximum atomic E-state index is 12.3. The molecular weight excluding hydrogens is 578 g/mol. The number of carbonyl (C=O) groups excluding carboxylic acids is 2. The zero-order valence-corrected chi connectivity index (χ0v) is 24.2. The van der Waals surface area contributed by atoms with Crippen molar-refractivity contribution in [3.63, 3.8) is 0 Å². The molecule has 4 aromatic rings. The summed E-state index contributed by atoms with van der Waals surface area (Å²) in [7, 11) is 0. The molecule has 0 saturated heterocycles. The van der Waals surface area contributed by atoms with E-state index >= 15 is 0 Å². The number of benzene rings is 4. The number of hydrogen-bond donors (Lipinski definition) is 0. The molecule has 4 aromatic carbocycles. The Morgan fingerprint density at radius 3 is 1.42 bits per heavy atom. The van der Waals surface area contributed by atoms with Crippen LogP contribution in [0.15, 0.2) is 117 Å². The normalized spacial score (nSPS) is 10.2. The predicted molar refractivity (Wildman–Crippen MR) is 151 cm³/mol. The summed E-state index contributed by atoms with van der Waals surface area (Å²) in [5.41, 5.74) is 1.53. The van der Waals surface area contributed by atoms with Crippen LogP contribution in [0.25, 0.3) is 0 Å². The van der Waals surface area contributed by atoms with Gasteiger partial charge in [-0.3, -0.25) is 0 Å². The Bertz CT molecular complexity index is 1270. The Hall–Kier alpha value is -2.41. The van der Waals surface area contributed by atoms with Gasteiger partial charge in [-0.25, -0.2) is 0 Å². The summed E-state index contributed by atoms with van der Waals surface area (Å²) in [4.78, 5) is 28.4. The molecule has 0 aliphatic heterocycles. The molecule has 4 rings (SSSR count). The molecule has 5 nitrogen and oxygen atoms in total. The van der Waals surface area contributed by atoms with Gasteiger partial charge in [0, 0.05) is 0 Å². The van der Waals surface area contributed by atoms with Crippen molar-refractivity contribution in [1.82, 2.24) is 0 Å². The van der Waals surface area contributed by atoms with Gasteiger partial charge in [0.1, 0.15) is 0 Å². The molecule has 0 heterocycles. The van der Waals surface area contributed by atoms with Gasteiger partial charge in [-0.1, -0.05) is 0 Å². The van der Waals surface area contributed by atoms with Crippen molar-refractivity contribution in [2.45, 2.75) is 32.4 Å². The zero-order chi connectivity index (χ0) is 26.0. The summed E-state index contributed by atoms with van der Waals surface area (Å²) >= 11 is 14.4. The molecule has 1 N–H and O–H groups in total. The Kier molecular flexibility index (Phi) is 12.1. The standard InChI is InChI=1S/2C14H11ClO2S.Al.H2O/c2*15-12-7-6-10(9-14(16)17)8-13(12)18-11-4-2-1-3-5-11;;/h2*1-8H,9H2,(H,16,17);;1H2/q;;+3;/p-3. The van der Waals surface area contributed by atoms with Crippen LogP contribution in [0.4, 0.5) is 0 Å². The third-order valence-corrected chi connectivity index (χ3v) is 8.72. The number of carbonyl (C=O) groups is 2. The third-order valence-electron chi connectivity index (χ3n) is 4.99. The molecule has 0 saturated carbocycles. The molecule has 0 unspecified atom stereocenters. The van der Waals surface area contributed by atoms with E-state index in [0.29, 0.717) is 10.0 Å². The Morgan fingerprint density at radius 2 is 1.03 bits per heavy atom. The first-order chi connectivity index (χ1) is 18.0. The summed E-state index contributed by atoms with van der Waals surface area (Å²) in [6.07, 6.45) is 0.114. The maximum absolute atomic E-state index is 12.3. The molecule has 0 aliphatic carbocycles. The molecule has 192 valence electrons. The van der Waals surface area contributed by atoms with Gasteiger partial charge in [0.15, 0.2) is 0 Å². The van der Waals surface area contributed by atoms with Crippen LogP contribution in [-0.4, -0.2) is 33.3 Å². The Morgan fingerprint density at radius 1 is 0.632 bits per heavy atom. The van der Waals surface area contributed by atoms with E-state index in [1.165, 1.54) is 23.5 Å². The molecule has 0 bridgehead atoms. The minimum absolute atomic E-state index is 0. The number of halogens is 2. The van der Waals surface area contributed by atoms with Crippen LogP contribution in [0.2, 0.25) is 10.0 Å².